The Hall–Kier alpha value is -5.44. The van der Waals surface area contributed by atoms with Crippen molar-refractivity contribution < 1.29 is 19.1 Å². The lowest BCUT2D eigenvalue weighted by Crippen LogP contribution is -2.41. The number of urea groups is 1. The standard InChI is InChI=1S/C40H45N9O4S/c1-26-22-36(54-25-26)49-34(24-33(47-49)40(2,3)4)45-39(51)44-31-12-13-32(30-11-6-5-10-29(30)31)53-35-14-15-42-38(46-35)43-28-9-7-8-27(23-28)37(50)41-16-17-48-18-20-52-21-19-48/h5-15,22-24,26H,16-21,25H2,1-4H3,(H,41,50)(H,42,43,46)(H2,44,45,51). The molecule has 3 amide bonds. The van der Waals surface area contributed by atoms with Crippen LogP contribution in [0.4, 0.5) is 27.9 Å². The molecule has 2 aliphatic heterocycles. The normalized spacial score (nSPS) is 16.1. The van der Waals surface area contributed by atoms with E-state index in [1.807, 2.05) is 53.2 Å². The number of hydrogen-bond acceptors (Lipinski definition) is 10. The minimum Gasteiger partial charge on any atom is -0.438 e. The maximum atomic E-state index is 13.5. The molecule has 0 radical (unpaired) electrons. The Morgan fingerprint density at radius 2 is 1.80 bits per heavy atom. The summed E-state index contributed by atoms with van der Waals surface area (Å²) in [6.45, 7) is 13.0. The monoisotopic (exact) mass is 747 g/mol. The molecule has 4 heterocycles. The zero-order valence-electron chi connectivity index (χ0n) is 30.9. The topological polar surface area (TPSA) is 148 Å². The van der Waals surface area contributed by atoms with Crippen molar-refractivity contribution in [2.75, 3.05) is 61.1 Å². The molecule has 5 aromatic rings. The van der Waals surface area contributed by atoms with E-state index in [0.717, 1.165) is 60.1 Å². The van der Waals surface area contributed by atoms with E-state index < -0.39 is 0 Å². The van der Waals surface area contributed by atoms with Gasteiger partial charge in [-0.15, -0.1) is 11.8 Å². The quantitative estimate of drug-likeness (QED) is 0.107. The van der Waals surface area contributed by atoms with Gasteiger partial charge in [-0.05, 0) is 42.3 Å². The summed E-state index contributed by atoms with van der Waals surface area (Å²) in [5.41, 5.74) is 2.52. The first-order valence-electron chi connectivity index (χ1n) is 18.1. The van der Waals surface area contributed by atoms with Crippen LogP contribution in [0.3, 0.4) is 0 Å². The smallest absolute Gasteiger partial charge is 0.324 e. The summed E-state index contributed by atoms with van der Waals surface area (Å²) in [7, 11) is 0. The average Bonchev–Trinajstić information content (AvgIpc) is 3.79. The van der Waals surface area contributed by atoms with Gasteiger partial charge in [0.05, 0.1) is 29.6 Å². The van der Waals surface area contributed by atoms with E-state index in [9.17, 15) is 9.59 Å². The first-order valence-corrected chi connectivity index (χ1v) is 19.1. The molecule has 1 saturated heterocycles. The van der Waals surface area contributed by atoms with E-state index in [0.29, 0.717) is 52.8 Å². The van der Waals surface area contributed by atoms with Crippen LogP contribution in [0.25, 0.3) is 15.8 Å². The molecule has 54 heavy (non-hydrogen) atoms. The highest BCUT2D eigenvalue weighted by molar-refractivity contribution is 8.08. The second-order valence-corrected chi connectivity index (χ2v) is 15.4. The molecular weight excluding hydrogens is 703 g/mol. The Morgan fingerprint density at radius 1 is 0.981 bits per heavy atom. The fraction of sp³-hybridized carbons (Fsp3) is 0.325. The third-order valence-electron chi connectivity index (χ3n) is 9.02. The Balaban J connectivity index is 1.02. The summed E-state index contributed by atoms with van der Waals surface area (Å²) in [4.78, 5) is 37.5. The van der Waals surface area contributed by atoms with Gasteiger partial charge in [-0.25, -0.2) is 14.5 Å². The van der Waals surface area contributed by atoms with E-state index in [1.54, 1.807) is 42.2 Å². The molecule has 2 aliphatic rings. The van der Waals surface area contributed by atoms with Crippen molar-refractivity contribution in [3.8, 4) is 11.6 Å². The molecule has 1 atom stereocenters. The van der Waals surface area contributed by atoms with Crippen molar-refractivity contribution >= 4 is 62.6 Å². The molecule has 7 rings (SSSR count). The van der Waals surface area contributed by atoms with Crippen LogP contribution < -0.4 is 26.0 Å². The van der Waals surface area contributed by atoms with Crippen molar-refractivity contribution in [3.05, 3.63) is 96.3 Å². The molecule has 13 nitrogen and oxygen atoms in total. The van der Waals surface area contributed by atoms with Crippen molar-refractivity contribution in [1.29, 1.82) is 0 Å². The number of thioether (sulfide) groups is 1. The number of allylic oxidation sites excluding steroid dienone is 1. The van der Waals surface area contributed by atoms with Gasteiger partial charge in [-0.3, -0.25) is 15.0 Å². The van der Waals surface area contributed by atoms with E-state index in [2.05, 4.69) is 69.9 Å². The number of carbonyl (C=O) groups excluding carboxylic acids is 2. The minimum atomic E-state index is -0.381. The lowest BCUT2D eigenvalue weighted by Gasteiger charge is -2.26. The Morgan fingerprint density at radius 3 is 2.57 bits per heavy atom. The molecule has 0 aliphatic carbocycles. The molecular formula is C40H45N9O4S. The Bertz CT molecular complexity index is 2170. The summed E-state index contributed by atoms with van der Waals surface area (Å²) in [5, 5.41) is 19.7. The minimum absolute atomic E-state index is 0.149. The highest BCUT2D eigenvalue weighted by Crippen LogP contribution is 2.37. The van der Waals surface area contributed by atoms with Crippen molar-refractivity contribution in [2.24, 2.45) is 5.92 Å². The number of nitrogens with zero attached hydrogens (tertiary/aromatic N) is 5. The molecule has 0 spiro atoms. The summed E-state index contributed by atoms with van der Waals surface area (Å²) < 4.78 is 13.5. The van der Waals surface area contributed by atoms with Crippen molar-refractivity contribution in [3.63, 3.8) is 0 Å². The molecule has 1 fully saturated rings. The van der Waals surface area contributed by atoms with Crippen LogP contribution >= 0.6 is 11.8 Å². The number of hydrogen-bond donors (Lipinski definition) is 4. The summed E-state index contributed by atoms with van der Waals surface area (Å²) in [6.07, 6.45) is 3.79. The highest BCUT2D eigenvalue weighted by atomic mass is 32.2. The number of anilines is 4. The number of fused-ring (bicyclic) bond motifs is 1. The van der Waals surface area contributed by atoms with E-state index >= 15 is 0 Å². The first kappa shape index (κ1) is 36.9. The zero-order valence-corrected chi connectivity index (χ0v) is 31.7. The van der Waals surface area contributed by atoms with Gasteiger partial charge in [0.25, 0.3) is 5.91 Å². The number of aromatic nitrogens is 4. The lowest BCUT2D eigenvalue weighted by molar-refractivity contribution is 0.0383. The van der Waals surface area contributed by atoms with E-state index in [1.165, 1.54) is 0 Å². The molecule has 2 aromatic heterocycles. The van der Waals surface area contributed by atoms with Gasteiger partial charge < -0.3 is 25.4 Å². The van der Waals surface area contributed by atoms with Gasteiger partial charge in [-0.2, -0.15) is 10.1 Å². The maximum Gasteiger partial charge on any atom is 0.324 e. The molecule has 0 bridgehead atoms. The lowest BCUT2D eigenvalue weighted by atomic mass is 9.92. The van der Waals surface area contributed by atoms with Gasteiger partial charge in [0.2, 0.25) is 11.8 Å². The first-order chi connectivity index (χ1) is 26.1. The number of benzene rings is 3. The molecule has 0 saturated carbocycles. The number of rotatable bonds is 11. The van der Waals surface area contributed by atoms with Crippen LogP contribution in [-0.4, -0.2) is 81.7 Å². The number of carbonyl (C=O) groups is 2. The van der Waals surface area contributed by atoms with E-state index in [4.69, 9.17) is 14.6 Å². The Labute approximate surface area is 318 Å². The average molecular weight is 748 g/mol. The second kappa shape index (κ2) is 16.3. The number of ether oxygens (including phenoxy) is 2. The number of nitrogens with one attached hydrogen (secondary N) is 4. The SMILES string of the molecule is CC1C=C(n2nc(C(C)(C)C)cc2NC(=O)Nc2ccc(Oc3ccnc(Nc4cccc(C(=O)NCCN5CCOCC5)c4)n3)c3ccccc23)SC1. The molecule has 1 unspecified atom stereocenters. The van der Waals surface area contributed by atoms with Crippen LogP contribution in [0.2, 0.25) is 0 Å². The summed E-state index contributed by atoms with van der Waals surface area (Å²) in [5.74, 6) is 3.06. The van der Waals surface area contributed by atoms with Gasteiger partial charge in [0, 0.05) is 77.7 Å². The van der Waals surface area contributed by atoms with Crippen LogP contribution in [0, 0.1) is 5.92 Å². The molecule has 14 heteroatoms. The highest BCUT2D eigenvalue weighted by Gasteiger charge is 2.25. The molecule has 4 N–H and O–H groups in total. The molecule has 280 valence electrons. The van der Waals surface area contributed by atoms with Gasteiger partial charge in [-0.1, -0.05) is 58.0 Å². The van der Waals surface area contributed by atoms with E-state index in [-0.39, 0.29) is 17.4 Å². The summed E-state index contributed by atoms with van der Waals surface area (Å²) >= 11 is 1.73. The largest absolute Gasteiger partial charge is 0.438 e. The zero-order chi connectivity index (χ0) is 37.7. The van der Waals surface area contributed by atoms with Crippen molar-refractivity contribution in [2.45, 2.75) is 33.1 Å². The maximum absolute atomic E-state index is 13.5. The Kier molecular flexibility index (Phi) is 11.1. The van der Waals surface area contributed by atoms with Crippen molar-refractivity contribution in [1.82, 2.24) is 30.0 Å². The fourth-order valence-corrected chi connectivity index (χ4v) is 7.25. The second-order valence-electron chi connectivity index (χ2n) is 14.3. The van der Waals surface area contributed by atoms with Crippen LogP contribution in [0.15, 0.2) is 85.1 Å². The van der Waals surface area contributed by atoms with Crippen LogP contribution in [0.5, 0.6) is 11.6 Å². The molecule has 3 aromatic carbocycles. The van der Waals surface area contributed by atoms with Crippen LogP contribution in [0.1, 0.15) is 43.7 Å². The van der Waals surface area contributed by atoms with Gasteiger partial charge in [0.1, 0.15) is 11.6 Å². The van der Waals surface area contributed by atoms with Gasteiger partial charge >= 0.3 is 6.03 Å². The summed E-state index contributed by atoms with van der Waals surface area (Å²) in [6, 6.07) is 21.7. The third kappa shape index (κ3) is 9.01. The number of morpholine rings is 1. The third-order valence-corrected chi connectivity index (χ3v) is 10.3. The van der Waals surface area contributed by atoms with Gasteiger partial charge in [0.15, 0.2) is 0 Å². The van der Waals surface area contributed by atoms with Crippen LogP contribution in [-0.2, 0) is 10.2 Å². The predicted molar refractivity (Wildman–Crippen MR) is 215 cm³/mol. The fourth-order valence-electron chi connectivity index (χ4n) is 6.13. The predicted octanol–water partition coefficient (Wildman–Crippen LogP) is 7.55. The number of amides is 3.